The topological polar surface area (TPSA) is 27.0 Å². The molecule has 0 saturated heterocycles. The number of rotatable bonds is 10. The van der Waals surface area contributed by atoms with Crippen LogP contribution in [0.4, 0.5) is 5.69 Å². The summed E-state index contributed by atoms with van der Waals surface area (Å²) in [6.07, 6.45) is 11.2. The minimum atomic E-state index is 0.735. The number of unbranched alkanes of at least 4 members (excludes halogenated alkanes) is 2. The molecule has 1 aromatic heterocycles. The zero-order chi connectivity index (χ0) is 19.5. The first-order chi connectivity index (χ1) is 13.2. The summed E-state index contributed by atoms with van der Waals surface area (Å²) in [7, 11) is 0. The molecule has 3 heteroatoms. The number of thiophene rings is 1. The van der Waals surface area contributed by atoms with Crippen LogP contribution in [0, 0.1) is 11.3 Å². The highest BCUT2D eigenvalue weighted by atomic mass is 32.1. The van der Waals surface area contributed by atoms with Crippen LogP contribution in [0.25, 0.3) is 18.2 Å². The molecular weight excluding hydrogens is 348 g/mol. The number of nitriles is 1. The van der Waals surface area contributed by atoms with E-state index >= 15 is 0 Å². The van der Waals surface area contributed by atoms with E-state index < -0.39 is 0 Å². The Morgan fingerprint density at radius 2 is 1.59 bits per heavy atom. The number of hydrogen-bond acceptors (Lipinski definition) is 3. The summed E-state index contributed by atoms with van der Waals surface area (Å²) in [6.45, 7) is 8.61. The van der Waals surface area contributed by atoms with Crippen LogP contribution >= 0.6 is 11.3 Å². The number of anilines is 1. The van der Waals surface area contributed by atoms with Gasteiger partial charge in [-0.2, -0.15) is 5.26 Å². The van der Waals surface area contributed by atoms with Gasteiger partial charge >= 0.3 is 0 Å². The van der Waals surface area contributed by atoms with Crippen molar-refractivity contribution in [2.45, 2.75) is 46.5 Å². The lowest BCUT2D eigenvalue weighted by atomic mass is 10.1. The van der Waals surface area contributed by atoms with Crippen molar-refractivity contribution in [3.05, 3.63) is 57.3 Å². The molecule has 0 spiro atoms. The molecule has 2 aromatic rings. The highest BCUT2D eigenvalue weighted by Gasteiger charge is 2.05. The molecule has 0 fully saturated rings. The number of nitrogens with zero attached hydrogens (tertiary/aromatic N) is 2. The molecule has 0 aliphatic carbocycles. The van der Waals surface area contributed by atoms with Gasteiger partial charge in [0.1, 0.15) is 0 Å². The zero-order valence-corrected chi connectivity index (χ0v) is 17.6. The standard InChI is InChI=1S/C24H30N2S/c1-4-6-16-26(17-7-5-2)22-11-8-21(9-12-22)10-13-23-14-15-24(27-23)18-20(3)19-25/h8-15,18H,4-7,16-17H2,1-3H3/b13-10+,20-18?. The second-order valence-corrected chi connectivity index (χ2v) is 7.95. The molecule has 0 aliphatic heterocycles. The molecule has 0 saturated carbocycles. The lowest BCUT2D eigenvalue weighted by Crippen LogP contribution is -2.25. The second kappa shape index (κ2) is 11.4. The maximum absolute atomic E-state index is 8.88. The van der Waals surface area contributed by atoms with Crippen LogP contribution in [0.3, 0.4) is 0 Å². The quantitative estimate of drug-likeness (QED) is 0.407. The normalized spacial score (nSPS) is 11.7. The largest absolute Gasteiger partial charge is 0.372 e. The molecule has 2 nitrogen and oxygen atoms in total. The first kappa shape index (κ1) is 21.0. The summed E-state index contributed by atoms with van der Waals surface area (Å²) < 4.78 is 0. The van der Waals surface area contributed by atoms with E-state index in [2.05, 4.69) is 73.4 Å². The molecule has 0 bridgehead atoms. The molecule has 0 aliphatic rings. The number of benzene rings is 1. The summed E-state index contributed by atoms with van der Waals surface area (Å²) in [5.41, 5.74) is 3.27. The monoisotopic (exact) mass is 378 g/mol. The van der Waals surface area contributed by atoms with E-state index in [1.54, 1.807) is 11.3 Å². The van der Waals surface area contributed by atoms with E-state index in [0.29, 0.717) is 0 Å². The first-order valence-corrected chi connectivity index (χ1v) is 10.7. The van der Waals surface area contributed by atoms with Crippen molar-refractivity contribution in [1.82, 2.24) is 0 Å². The van der Waals surface area contributed by atoms with E-state index in [0.717, 1.165) is 23.5 Å². The summed E-state index contributed by atoms with van der Waals surface area (Å²) >= 11 is 1.70. The maximum atomic E-state index is 8.88. The third-order valence-electron chi connectivity index (χ3n) is 4.44. The van der Waals surface area contributed by atoms with Gasteiger partial charge in [0, 0.05) is 34.1 Å². The van der Waals surface area contributed by atoms with Crippen molar-refractivity contribution < 1.29 is 0 Å². The third kappa shape index (κ3) is 7.07. The molecular formula is C24H30N2S. The van der Waals surface area contributed by atoms with Crippen molar-refractivity contribution in [1.29, 1.82) is 5.26 Å². The van der Waals surface area contributed by atoms with Crippen molar-refractivity contribution in [3.8, 4) is 6.07 Å². The molecule has 2 rings (SSSR count). The van der Waals surface area contributed by atoms with Crippen LogP contribution in [0.15, 0.2) is 42.0 Å². The minimum absolute atomic E-state index is 0.735. The maximum Gasteiger partial charge on any atom is 0.0944 e. The van der Waals surface area contributed by atoms with E-state index in [9.17, 15) is 0 Å². The Morgan fingerprint density at radius 1 is 0.963 bits per heavy atom. The molecule has 27 heavy (non-hydrogen) atoms. The molecule has 0 amide bonds. The lowest BCUT2D eigenvalue weighted by molar-refractivity contribution is 0.678. The van der Waals surface area contributed by atoms with Crippen LogP contribution in [-0.4, -0.2) is 13.1 Å². The lowest BCUT2D eigenvalue weighted by Gasteiger charge is -2.24. The Kier molecular flexibility index (Phi) is 8.87. The van der Waals surface area contributed by atoms with Crippen molar-refractivity contribution >= 4 is 35.3 Å². The fraction of sp³-hybridized carbons (Fsp3) is 0.375. The van der Waals surface area contributed by atoms with Crippen molar-refractivity contribution in [3.63, 3.8) is 0 Å². The third-order valence-corrected chi connectivity index (χ3v) is 5.44. The van der Waals surface area contributed by atoms with E-state index in [1.807, 2.05) is 13.0 Å². The Balaban J connectivity index is 2.03. The van der Waals surface area contributed by atoms with Crippen LogP contribution < -0.4 is 4.90 Å². The smallest absolute Gasteiger partial charge is 0.0944 e. The van der Waals surface area contributed by atoms with E-state index in [1.165, 1.54) is 41.8 Å². The van der Waals surface area contributed by atoms with Gasteiger partial charge in [-0.1, -0.05) is 44.9 Å². The molecule has 0 atom stereocenters. The fourth-order valence-electron chi connectivity index (χ4n) is 2.82. The average Bonchev–Trinajstić information content (AvgIpc) is 3.14. The van der Waals surface area contributed by atoms with Gasteiger partial charge in [0.2, 0.25) is 0 Å². The first-order valence-electron chi connectivity index (χ1n) is 9.87. The molecule has 0 unspecified atom stereocenters. The van der Waals surface area contributed by atoms with Crippen LogP contribution in [-0.2, 0) is 0 Å². The molecule has 1 aromatic carbocycles. The number of allylic oxidation sites excluding steroid dienone is 1. The Bertz CT molecular complexity index is 783. The summed E-state index contributed by atoms with van der Waals surface area (Å²) in [5.74, 6) is 0. The predicted molar refractivity (Wildman–Crippen MR) is 121 cm³/mol. The highest BCUT2D eigenvalue weighted by Crippen LogP contribution is 2.22. The molecule has 142 valence electrons. The van der Waals surface area contributed by atoms with Gasteiger partial charge in [0.15, 0.2) is 0 Å². The van der Waals surface area contributed by atoms with Gasteiger partial charge in [-0.25, -0.2) is 0 Å². The fourth-order valence-corrected chi connectivity index (χ4v) is 3.74. The van der Waals surface area contributed by atoms with E-state index in [-0.39, 0.29) is 0 Å². The predicted octanol–water partition coefficient (Wildman–Crippen LogP) is 7.25. The van der Waals surface area contributed by atoms with Crippen LogP contribution in [0.1, 0.15) is 61.8 Å². The molecule has 0 radical (unpaired) electrons. The van der Waals surface area contributed by atoms with Crippen molar-refractivity contribution in [2.24, 2.45) is 0 Å². The van der Waals surface area contributed by atoms with Gasteiger partial charge in [0.25, 0.3) is 0 Å². The van der Waals surface area contributed by atoms with Gasteiger partial charge in [-0.05, 0) is 61.7 Å². The second-order valence-electron chi connectivity index (χ2n) is 6.80. The summed E-state index contributed by atoms with van der Waals surface area (Å²) in [6, 6.07) is 15.2. The van der Waals surface area contributed by atoms with Gasteiger partial charge in [-0.3, -0.25) is 0 Å². The van der Waals surface area contributed by atoms with Gasteiger partial charge in [0.05, 0.1) is 6.07 Å². The molecule has 1 heterocycles. The Labute approximate surface area is 168 Å². The SMILES string of the molecule is CCCCN(CCCC)c1ccc(/C=C/c2ccc(C=C(C)C#N)s2)cc1. The average molecular weight is 379 g/mol. The highest BCUT2D eigenvalue weighted by molar-refractivity contribution is 7.13. The Hall–Kier alpha value is -2.31. The number of hydrogen-bond donors (Lipinski definition) is 0. The zero-order valence-electron chi connectivity index (χ0n) is 16.7. The van der Waals surface area contributed by atoms with Crippen LogP contribution in [0.5, 0.6) is 0 Å². The van der Waals surface area contributed by atoms with Gasteiger partial charge < -0.3 is 4.90 Å². The van der Waals surface area contributed by atoms with Crippen LogP contribution in [0.2, 0.25) is 0 Å². The van der Waals surface area contributed by atoms with Crippen molar-refractivity contribution in [2.75, 3.05) is 18.0 Å². The summed E-state index contributed by atoms with van der Waals surface area (Å²) in [4.78, 5) is 4.82. The minimum Gasteiger partial charge on any atom is -0.372 e. The van der Waals surface area contributed by atoms with E-state index in [4.69, 9.17) is 5.26 Å². The molecule has 0 N–H and O–H groups in total. The Morgan fingerprint density at radius 3 is 2.19 bits per heavy atom. The summed E-state index contributed by atoms with van der Waals surface area (Å²) in [5, 5.41) is 8.88. The van der Waals surface area contributed by atoms with Gasteiger partial charge in [-0.15, -0.1) is 11.3 Å².